The molecule has 0 atom stereocenters. The SMILES string of the molecule is Cc1ccc(COc2c(I)cc(C=C(C#N)C(=O)Nc3ccc([N+](=O)[O-])cc3Br)cc2I)cc1. The number of nitro groups is 1. The van der Waals surface area contributed by atoms with Crippen LogP contribution >= 0.6 is 61.1 Å². The van der Waals surface area contributed by atoms with Gasteiger partial charge in [-0.25, -0.2) is 0 Å². The van der Waals surface area contributed by atoms with Crippen LogP contribution in [0.2, 0.25) is 0 Å². The molecular weight excluding hydrogens is 728 g/mol. The molecule has 1 amide bonds. The first-order valence-electron chi connectivity index (χ1n) is 9.72. The zero-order chi connectivity index (χ0) is 24.8. The summed E-state index contributed by atoms with van der Waals surface area (Å²) >= 11 is 7.53. The van der Waals surface area contributed by atoms with Crippen LogP contribution in [0, 0.1) is 35.5 Å². The maximum absolute atomic E-state index is 12.7. The van der Waals surface area contributed by atoms with Gasteiger partial charge in [-0.1, -0.05) is 29.8 Å². The number of carbonyl (C=O) groups is 1. The third kappa shape index (κ3) is 6.77. The Morgan fingerprint density at radius 2 is 1.82 bits per heavy atom. The molecule has 0 heterocycles. The van der Waals surface area contributed by atoms with Gasteiger partial charge in [0.2, 0.25) is 0 Å². The smallest absolute Gasteiger partial charge is 0.270 e. The van der Waals surface area contributed by atoms with Crippen molar-refractivity contribution in [3.63, 3.8) is 0 Å². The molecule has 3 aromatic rings. The van der Waals surface area contributed by atoms with Gasteiger partial charge in [0.15, 0.2) is 0 Å². The normalized spacial score (nSPS) is 11.0. The van der Waals surface area contributed by atoms with Crippen molar-refractivity contribution in [1.29, 1.82) is 5.26 Å². The Bertz CT molecular complexity index is 1310. The summed E-state index contributed by atoms with van der Waals surface area (Å²) in [7, 11) is 0. The van der Waals surface area contributed by atoms with Crippen LogP contribution in [0.3, 0.4) is 0 Å². The van der Waals surface area contributed by atoms with E-state index in [1.807, 2.05) is 49.4 Å². The van der Waals surface area contributed by atoms with Gasteiger partial charge in [0.05, 0.1) is 17.8 Å². The van der Waals surface area contributed by atoms with Crippen LogP contribution in [0.15, 0.2) is 64.6 Å². The highest BCUT2D eigenvalue weighted by atomic mass is 127. The number of nitro benzene ring substituents is 1. The highest BCUT2D eigenvalue weighted by Crippen LogP contribution is 2.31. The first kappa shape index (κ1) is 26.1. The Balaban J connectivity index is 1.77. The molecule has 0 unspecified atom stereocenters. The number of nitrogens with zero attached hydrogens (tertiary/aromatic N) is 2. The van der Waals surface area contributed by atoms with Crippen molar-refractivity contribution in [1.82, 2.24) is 0 Å². The summed E-state index contributed by atoms with van der Waals surface area (Å²) in [5.74, 6) is 0.110. The summed E-state index contributed by atoms with van der Waals surface area (Å²) in [5, 5.41) is 23.0. The first-order valence-corrected chi connectivity index (χ1v) is 12.7. The Labute approximate surface area is 231 Å². The maximum atomic E-state index is 12.7. The molecule has 0 aliphatic carbocycles. The molecule has 0 saturated carbocycles. The molecule has 0 fully saturated rings. The summed E-state index contributed by atoms with van der Waals surface area (Å²) in [6.45, 7) is 2.46. The van der Waals surface area contributed by atoms with E-state index in [9.17, 15) is 20.2 Å². The Kier molecular flexibility index (Phi) is 9.03. The number of hydrogen-bond donors (Lipinski definition) is 1. The molecule has 0 aromatic heterocycles. The molecule has 0 radical (unpaired) electrons. The highest BCUT2D eigenvalue weighted by Gasteiger charge is 2.15. The van der Waals surface area contributed by atoms with Gasteiger partial charge in [0.1, 0.15) is 24.0 Å². The Morgan fingerprint density at radius 1 is 1.18 bits per heavy atom. The predicted octanol–water partition coefficient (Wildman–Crippen LogP) is 7.00. The molecule has 3 aromatic carbocycles. The number of aryl methyl sites for hydroxylation is 1. The van der Waals surface area contributed by atoms with Crippen molar-refractivity contribution in [2.45, 2.75) is 13.5 Å². The van der Waals surface area contributed by atoms with Crippen molar-refractivity contribution >= 4 is 84.5 Å². The lowest BCUT2D eigenvalue weighted by Crippen LogP contribution is -2.14. The lowest BCUT2D eigenvalue weighted by atomic mass is 10.1. The molecule has 0 saturated heterocycles. The van der Waals surface area contributed by atoms with Crippen molar-refractivity contribution in [3.05, 3.63) is 98.6 Å². The lowest BCUT2D eigenvalue weighted by molar-refractivity contribution is -0.384. The van der Waals surface area contributed by atoms with E-state index in [4.69, 9.17) is 4.74 Å². The molecule has 7 nitrogen and oxygen atoms in total. The highest BCUT2D eigenvalue weighted by molar-refractivity contribution is 14.1. The van der Waals surface area contributed by atoms with Crippen molar-refractivity contribution in [3.8, 4) is 11.8 Å². The van der Waals surface area contributed by atoms with E-state index in [0.717, 1.165) is 18.5 Å². The van der Waals surface area contributed by atoms with Crippen molar-refractivity contribution in [2.24, 2.45) is 0 Å². The second-order valence-corrected chi connectivity index (χ2v) is 10.3. The van der Waals surface area contributed by atoms with Crippen LogP contribution in [0.5, 0.6) is 5.75 Å². The standard InChI is InChI=1S/C24H16BrI2N3O4/c1-14-2-4-15(5-3-14)13-34-23-20(26)9-16(10-21(23)27)8-17(12-28)24(31)29-22-7-6-18(30(32)33)11-19(22)25/h2-11H,13H2,1H3,(H,29,31). The molecule has 1 N–H and O–H groups in total. The van der Waals surface area contributed by atoms with Crippen LogP contribution in [0.1, 0.15) is 16.7 Å². The number of halogens is 3. The molecule has 0 aliphatic rings. The fourth-order valence-corrected chi connectivity index (χ4v) is 5.46. The summed E-state index contributed by atoms with van der Waals surface area (Å²) in [4.78, 5) is 23.0. The fraction of sp³-hybridized carbons (Fsp3) is 0.0833. The number of hydrogen-bond acceptors (Lipinski definition) is 5. The fourth-order valence-electron chi connectivity index (χ4n) is 2.86. The molecular formula is C24H16BrI2N3O4. The van der Waals surface area contributed by atoms with E-state index in [0.29, 0.717) is 22.3 Å². The number of rotatable bonds is 7. The minimum atomic E-state index is -0.623. The maximum Gasteiger partial charge on any atom is 0.270 e. The largest absolute Gasteiger partial charge is 0.487 e. The minimum absolute atomic E-state index is 0.106. The molecule has 3 rings (SSSR count). The van der Waals surface area contributed by atoms with E-state index in [1.165, 1.54) is 29.8 Å². The Hall–Kier alpha value is -2.50. The summed E-state index contributed by atoms with van der Waals surface area (Å²) < 4.78 is 8.04. The number of nitrogens with one attached hydrogen (secondary N) is 1. The molecule has 0 bridgehead atoms. The van der Waals surface area contributed by atoms with Crippen LogP contribution < -0.4 is 10.1 Å². The molecule has 0 spiro atoms. The monoisotopic (exact) mass is 743 g/mol. The third-order valence-electron chi connectivity index (χ3n) is 4.61. The number of non-ortho nitro benzene ring substituents is 1. The van der Waals surface area contributed by atoms with E-state index < -0.39 is 10.8 Å². The van der Waals surface area contributed by atoms with Crippen LogP contribution in [-0.2, 0) is 11.4 Å². The van der Waals surface area contributed by atoms with E-state index in [2.05, 4.69) is 66.4 Å². The number of nitriles is 1. The van der Waals surface area contributed by atoms with E-state index >= 15 is 0 Å². The molecule has 34 heavy (non-hydrogen) atoms. The first-order chi connectivity index (χ1) is 16.2. The second-order valence-electron chi connectivity index (χ2n) is 7.13. The molecule has 10 heteroatoms. The van der Waals surface area contributed by atoms with Gasteiger partial charge >= 0.3 is 0 Å². The summed E-state index contributed by atoms with van der Waals surface area (Å²) in [6.07, 6.45) is 1.49. The lowest BCUT2D eigenvalue weighted by Gasteiger charge is -2.12. The van der Waals surface area contributed by atoms with E-state index in [1.54, 1.807) is 0 Å². The number of amides is 1. The van der Waals surface area contributed by atoms with Gasteiger partial charge in [0, 0.05) is 16.6 Å². The number of benzene rings is 3. The zero-order valence-electron chi connectivity index (χ0n) is 17.6. The van der Waals surface area contributed by atoms with Crippen LogP contribution in [0.25, 0.3) is 6.08 Å². The van der Waals surface area contributed by atoms with Crippen molar-refractivity contribution in [2.75, 3.05) is 5.32 Å². The van der Waals surface area contributed by atoms with Gasteiger partial charge < -0.3 is 10.1 Å². The van der Waals surface area contributed by atoms with Gasteiger partial charge in [-0.3, -0.25) is 14.9 Å². The number of anilines is 1. The average Bonchev–Trinajstić information content (AvgIpc) is 2.79. The number of ether oxygens (including phenoxy) is 1. The van der Waals surface area contributed by atoms with Gasteiger partial charge in [-0.2, -0.15) is 5.26 Å². The topological polar surface area (TPSA) is 105 Å². The zero-order valence-corrected chi connectivity index (χ0v) is 23.5. The van der Waals surface area contributed by atoms with Crippen molar-refractivity contribution < 1.29 is 14.5 Å². The average molecular weight is 744 g/mol. The third-order valence-corrected chi connectivity index (χ3v) is 6.87. The van der Waals surface area contributed by atoms with Gasteiger partial charge in [-0.05, 0) is 103 Å². The number of carbonyl (C=O) groups excluding carboxylic acids is 1. The summed E-state index contributed by atoms with van der Waals surface area (Å²) in [5.41, 5.74) is 3.01. The quantitative estimate of drug-likeness (QED) is 0.0923. The Morgan fingerprint density at radius 3 is 2.38 bits per heavy atom. The van der Waals surface area contributed by atoms with Crippen LogP contribution in [-0.4, -0.2) is 10.8 Å². The van der Waals surface area contributed by atoms with Gasteiger partial charge in [0.25, 0.3) is 11.6 Å². The molecule has 0 aliphatic heterocycles. The molecule has 172 valence electrons. The van der Waals surface area contributed by atoms with Crippen LogP contribution in [0.4, 0.5) is 11.4 Å². The summed E-state index contributed by atoms with van der Waals surface area (Å²) in [6, 6.07) is 17.7. The predicted molar refractivity (Wildman–Crippen MR) is 150 cm³/mol. The van der Waals surface area contributed by atoms with E-state index in [-0.39, 0.29) is 11.3 Å². The van der Waals surface area contributed by atoms with Gasteiger partial charge in [-0.15, -0.1) is 0 Å². The second kappa shape index (κ2) is 11.8. The minimum Gasteiger partial charge on any atom is -0.487 e.